The predicted octanol–water partition coefficient (Wildman–Crippen LogP) is 14.3. The quantitative estimate of drug-likeness (QED) is 0.174. The van der Waals surface area contributed by atoms with E-state index in [1.807, 2.05) is 6.07 Å². The molecule has 0 aliphatic heterocycles. The second-order valence-corrected chi connectivity index (χ2v) is 13.8. The third-order valence-corrected chi connectivity index (χ3v) is 10.8. The molecule has 0 saturated carbocycles. The summed E-state index contributed by atoms with van der Waals surface area (Å²) in [4.78, 5) is 5.34. The van der Waals surface area contributed by atoms with Crippen LogP contribution in [0.2, 0.25) is 0 Å². The molecule has 2 nitrogen and oxygen atoms in total. The van der Waals surface area contributed by atoms with Gasteiger partial charge < -0.3 is 4.42 Å². The van der Waals surface area contributed by atoms with Gasteiger partial charge >= 0.3 is 0 Å². The Kier molecular flexibility index (Phi) is 6.59. The summed E-state index contributed by atoms with van der Waals surface area (Å²) in [6.45, 7) is 0. The minimum atomic E-state index is 0.866. The fraction of sp³-hybridized carbons (Fsp3) is 0. The van der Waals surface area contributed by atoms with Crippen LogP contribution in [0.3, 0.4) is 0 Å². The van der Waals surface area contributed by atoms with Crippen LogP contribution in [0.5, 0.6) is 0 Å². The summed E-state index contributed by atoms with van der Waals surface area (Å²) in [5.74, 6) is 0. The SMILES string of the molecule is c1ccc(-c2c3c(cc4c(-c5ccc(-c6cccc(-c7cc8ccccc8c8ccccc78)c6)cc5)nc5ccccc5c24)oc2ccccc23)cc1. The molecule has 53 heavy (non-hydrogen) atoms. The number of hydrogen-bond acceptors (Lipinski definition) is 2. The van der Waals surface area contributed by atoms with Crippen LogP contribution in [-0.2, 0) is 0 Å². The molecule has 0 unspecified atom stereocenters. The lowest BCUT2D eigenvalue weighted by Crippen LogP contribution is -1.93. The number of hydrogen-bond donors (Lipinski definition) is 0. The van der Waals surface area contributed by atoms with Gasteiger partial charge in [-0.25, -0.2) is 4.98 Å². The average molecular weight is 674 g/mol. The van der Waals surface area contributed by atoms with E-state index in [2.05, 4.69) is 182 Å². The number of pyridine rings is 1. The van der Waals surface area contributed by atoms with Gasteiger partial charge in [0.05, 0.1) is 11.2 Å². The van der Waals surface area contributed by atoms with Crippen LogP contribution in [0.4, 0.5) is 0 Å². The molecule has 0 atom stereocenters. The van der Waals surface area contributed by atoms with Gasteiger partial charge in [0.2, 0.25) is 0 Å². The van der Waals surface area contributed by atoms with Crippen LogP contribution in [0.15, 0.2) is 192 Å². The maximum absolute atomic E-state index is 6.57. The molecule has 11 aromatic rings. The van der Waals surface area contributed by atoms with Gasteiger partial charge in [-0.1, -0.05) is 158 Å². The minimum Gasteiger partial charge on any atom is -0.456 e. The van der Waals surface area contributed by atoms with Crippen molar-refractivity contribution in [1.29, 1.82) is 0 Å². The number of para-hydroxylation sites is 2. The molecule has 9 aromatic carbocycles. The van der Waals surface area contributed by atoms with E-state index in [9.17, 15) is 0 Å². The third kappa shape index (κ3) is 4.70. The normalized spacial score (nSPS) is 11.8. The Bertz CT molecular complexity index is 3210. The smallest absolute Gasteiger partial charge is 0.136 e. The van der Waals surface area contributed by atoms with E-state index in [-0.39, 0.29) is 0 Å². The highest BCUT2D eigenvalue weighted by Gasteiger charge is 2.21. The Morgan fingerprint density at radius 3 is 1.83 bits per heavy atom. The van der Waals surface area contributed by atoms with Crippen molar-refractivity contribution < 1.29 is 4.42 Å². The van der Waals surface area contributed by atoms with Crippen LogP contribution in [0.25, 0.3) is 110 Å². The lowest BCUT2D eigenvalue weighted by atomic mass is 9.89. The Morgan fingerprint density at radius 2 is 0.981 bits per heavy atom. The number of furan rings is 1. The first kappa shape index (κ1) is 29.7. The Labute approximate surface area is 306 Å². The van der Waals surface area contributed by atoms with Gasteiger partial charge in [0.25, 0.3) is 0 Å². The molecule has 0 aliphatic carbocycles. The Balaban J connectivity index is 1.10. The first-order valence-electron chi connectivity index (χ1n) is 18.1. The number of fused-ring (bicyclic) bond motifs is 9. The second-order valence-electron chi connectivity index (χ2n) is 13.8. The van der Waals surface area contributed by atoms with Crippen molar-refractivity contribution in [3.05, 3.63) is 188 Å². The first-order valence-corrected chi connectivity index (χ1v) is 18.1. The lowest BCUT2D eigenvalue weighted by Gasteiger charge is -2.16. The van der Waals surface area contributed by atoms with Crippen LogP contribution in [-0.4, -0.2) is 4.98 Å². The van der Waals surface area contributed by atoms with E-state index >= 15 is 0 Å². The van der Waals surface area contributed by atoms with Gasteiger partial charge in [-0.05, 0) is 79.7 Å². The van der Waals surface area contributed by atoms with Crippen molar-refractivity contribution in [2.75, 3.05) is 0 Å². The van der Waals surface area contributed by atoms with E-state index in [4.69, 9.17) is 9.40 Å². The third-order valence-electron chi connectivity index (χ3n) is 10.8. The van der Waals surface area contributed by atoms with Crippen LogP contribution < -0.4 is 0 Å². The zero-order valence-electron chi connectivity index (χ0n) is 28.8. The highest BCUT2D eigenvalue weighted by molar-refractivity contribution is 6.27. The van der Waals surface area contributed by atoms with Crippen molar-refractivity contribution in [3.63, 3.8) is 0 Å². The number of nitrogens with zero attached hydrogens (tertiary/aromatic N) is 1. The summed E-state index contributed by atoms with van der Waals surface area (Å²) >= 11 is 0. The largest absolute Gasteiger partial charge is 0.456 e. The molecular formula is C51H31NO. The molecular weight excluding hydrogens is 643 g/mol. The Hall–Kier alpha value is -7.03. The lowest BCUT2D eigenvalue weighted by molar-refractivity contribution is 0.669. The standard InChI is InChI=1S/C51H31NO/c1-2-13-33(14-3-1)48-49-41-21-8-10-23-45(41)52-51(44(49)31-47-50(48)42-22-9-11-24-46(42)53-47)34-27-25-32(26-28-34)35-16-12-17-36(29-35)43-30-37-15-4-5-18-38(37)39-19-6-7-20-40(39)43/h1-31H. The van der Waals surface area contributed by atoms with Crippen molar-refractivity contribution in [1.82, 2.24) is 4.98 Å². The summed E-state index contributed by atoms with van der Waals surface area (Å²) < 4.78 is 6.57. The summed E-state index contributed by atoms with van der Waals surface area (Å²) in [7, 11) is 0. The van der Waals surface area contributed by atoms with Crippen molar-refractivity contribution in [2.45, 2.75) is 0 Å². The van der Waals surface area contributed by atoms with Gasteiger partial charge in [-0.3, -0.25) is 0 Å². The van der Waals surface area contributed by atoms with E-state index in [1.165, 1.54) is 49.2 Å². The van der Waals surface area contributed by atoms with Crippen molar-refractivity contribution in [3.8, 4) is 44.6 Å². The predicted molar refractivity (Wildman–Crippen MR) is 223 cm³/mol. The minimum absolute atomic E-state index is 0.866. The topological polar surface area (TPSA) is 26.0 Å². The summed E-state index contributed by atoms with van der Waals surface area (Å²) in [6.07, 6.45) is 0. The molecule has 0 amide bonds. The number of aromatic nitrogens is 1. The highest BCUT2D eigenvalue weighted by Crippen LogP contribution is 2.46. The van der Waals surface area contributed by atoms with Gasteiger partial charge in [0.1, 0.15) is 11.2 Å². The summed E-state index contributed by atoms with van der Waals surface area (Å²) in [6, 6.07) is 67.3. The molecule has 0 aliphatic rings. The monoisotopic (exact) mass is 673 g/mol. The maximum atomic E-state index is 6.57. The number of benzene rings is 9. The molecule has 0 fully saturated rings. The van der Waals surface area contributed by atoms with E-state index in [1.54, 1.807) is 0 Å². The highest BCUT2D eigenvalue weighted by atomic mass is 16.3. The zero-order chi connectivity index (χ0) is 34.9. The van der Waals surface area contributed by atoms with E-state index < -0.39 is 0 Å². The summed E-state index contributed by atoms with van der Waals surface area (Å²) in [5, 5.41) is 10.7. The molecule has 0 N–H and O–H groups in total. The van der Waals surface area contributed by atoms with E-state index in [0.717, 1.165) is 60.6 Å². The molecule has 11 rings (SSSR count). The van der Waals surface area contributed by atoms with Gasteiger partial charge in [-0.2, -0.15) is 0 Å². The molecule has 2 heterocycles. The van der Waals surface area contributed by atoms with Crippen molar-refractivity contribution in [2.24, 2.45) is 0 Å². The van der Waals surface area contributed by atoms with Gasteiger partial charge in [0, 0.05) is 38.1 Å². The molecule has 0 spiro atoms. The van der Waals surface area contributed by atoms with Gasteiger partial charge in [0.15, 0.2) is 0 Å². The fourth-order valence-corrected chi connectivity index (χ4v) is 8.41. The zero-order valence-corrected chi connectivity index (χ0v) is 28.8. The first-order chi connectivity index (χ1) is 26.3. The van der Waals surface area contributed by atoms with Crippen molar-refractivity contribution >= 4 is 65.2 Å². The van der Waals surface area contributed by atoms with Crippen LogP contribution in [0, 0.1) is 0 Å². The molecule has 246 valence electrons. The number of rotatable bonds is 4. The molecule has 2 aromatic heterocycles. The van der Waals surface area contributed by atoms with Gasteiger partial charge in [-0.15, -0.1) is 0 Å². The maximum Gasteiger partial charge on any atom is 0.136 e. The second kappa shape index (κ2) is 11.8. The fourth-order valence-electron chi connectivity index (χ4n) is 8.41. The summed E-state index contributed by atoms with van der Waals surface area (Å²) in [5.41, 5.74) is 11.9. The van der Waals surface area contributed by atoms with Crippen LogP contribution in [0.1, 0.15) is 0 Å². The molecule has 0 radical (unpaired) electrons. The van der Waals surface area contributed by atoms with E-state index in [0.29, 0.717) is 0 Å². The van der Waals surface area contributed by atoms with Crippen LogP contribution >= 0.6 is 0 Å². The average Bonchev–Trinajstić information content (AvgIpc) is 3.61. The Morgan fingerprint density at radius 1 is 0.340 bits per heavy atom. The molecule has 0 saturated heterocycles. The molecule has 0 bridgehead atoms. The molecule has 2 heteroatoms.